The Balaban J connectivity index is 1.95. The monoisotopic (exact) mass is 337 g/mol. The predicted molar refractivity (Wildman–Crippen MR) is 83.3 cm³/mol. The number of carbonyl (C=O) groups is 1. The Kier molecular flexibility index (Phi) is 4.08. The maximum Gasteiger partial charge on any atom is 0.233 e. The van der Waals surface area contributed by atoms with E-state index in [1.165, 1.54) is 12.1 Å². The smallest absolute Gasteiger partial charge is 0.233 e. The molecule has 0 bridgehead atoms. The molecule has 0 unspecified atom stereocenters. The number of hydrogen-bond donors (Lipinski definition) is 2. The van der Waals surface area contributed by atoms with Crippen LogP contribution in [0.5, 0.6) is 5.75 Å². The van der Waals surface area contributed by atoms with Crippen LogP contribution in [0.4, 0.5) is 4.39 Å². The Morgan fingerprint density at radius 1 is 1.50 bits per heavy atom. The molecule has 0 radical (unpaired) electrons. The number of nitrogens with two attached hydrogens (primary N) is 1. The average molecular weight is 337 g/mol. The molecule has 2 aliphatic heterocycles. The lowest BCUT2D eigenvalue weighted by Gasteiger charge is -2.41. The van der Waals surface area contributed by atoms with Crippen molar-refractivity contribution in [3.63, 3.8) is 0 Å². The zero-order valence-electron chi connectivity index (χ0n) is 13.6. The summed E-state index contributed by atoms with van der Waals surface area (Å²) in [6.45, 7) is 4.77. The number of oxime groups is 1. The minimum absolute atomic E-state index is 0.0717. The fourth-order valence-corrected chi connectivity index (χ4v) is 2.88. The summed E-state index contributed by atoms with van der Waals surface area (Å²) in [6, 6.07) is 2.47. The van der Waals surface area contributed by atoms with E-state index in [9.17, 15) is 9.18 Å². The lowest BCUT2D eigenvalue weighted by Crippen LogP contribution is -2.55. The summed E-state index contributed by atoms with van der Waals surface area (Å²) in [4.78, 5) is 14.4. The number of halogens is 1. The molecule has 1 aromatic rings. The second-order valence-corrected chi connectivity index (χ2v) is 6.57. The molecular weight excluding hydrogens is 317 g/mol. The van der Waals surface area contributed by atoms with E-state index >= 15 is 0 Å². The molecule has 7 nitrogen and oxygen atoms in total. The van der Waals surface area contributed by atoms with Crippen LogP contribution in [-0.4, -0.2) is 47.7 Å². The molecule has 1 fully saturated rings. The molecule has 2 heterocycles. The first-order chi connectivity index (χ1) is 11.4. The second kappa shape index (κ2) is 5.94. The number of nitrogens with zero attached hydrogens (tertiary/aromatic N) is 2. The highest BCUT2D eigenvalue weighted by Gasteiger charge is 2.45. The summed E-state index contributed by atoms with van der Waals surface area (Å²) < 4.78 is 25.4. The number of carbonyl (C=O) groups excluding carboxylic acids is 1. The summed E-state index contributed by atoms with van der Waals surface area (Å²) in [5.74, 6) is -0.535. The van der Waals surface area contributed by atoms with Crippen LogP contribution in [0.2, 0.25) is 0 Å². The zero-order valence-corrected chi connectivity index (χ0v) is 13.6. The number of ether oxygens (including phenoxy) is 2. The maximum absolute atomic E-state index is 14.5. The van der Waals surface area contributed by atoms with E-state index in [0.29, 0.717) is 19.0 Å². The first-order valence-corrected chi connectivity index (χ1v) is 7.67. The molecule has 0 saturated carbocycles. The molecular formula is C16H20FN3O4. The quantitative estimate of drug-likeness (QED) is 0.364. The van der Waals surface area contributed by atoms with Gasteiger partial charge in [-0.25, -0.2) is 4.39 Å². The van der Waals surface area contributed by atoms with Crippen LogP contribution in [0.3, 0.4) is 0 Å². The largest absolute Gasteiger partial charge is 0.491 e. The molecule has 0 aromatic heterocycles. The molecule has 8 heteroatoms. The van der Waals surface area contributed by atoms with Crippen molar-refractivity contribution in [2.45, 2.75) is 26.4 Å². The molecule has 3 rings (SSSR count). The first kappa shape index (κ1) is 16.5. The van der Waals surface area contributed by atoms with Crippen molar-refractivity contribution in [2.24, 2.45) is 16.3 Å². The molecule has 3 N–H and O–H groups in total. The van der Waals surface area contributed by atoms with Gasteiger partial charge in [-0.3, -0.25) is 4.79 Å². The Labute approximate surface area is 138 Å². The lowest BCUT2D eigenvalue weighted by molar-refractivity contribution is -0.171. The molecule has 24 heavy (non-hydrogen) atoms. The third-order valence-electron chi connectivity index (χ3n) is 4.52. The van der Waals surface area contributed by atoms with Crippen molar-refractivity contribution in [1.82, 2.24) is 4.90 Å². The van der Waals surface area contributed by atoms with Crippen LogP contribution < -0.4 is 10.5 Å². The van der Waals surface area contributed by atoms with E-state index in [1.807, 2.05) is 13.8 Å². The van der Waals surface area contributed by atoms with Crippen LogP contribution in [0.25, 0.3) is 0 Å². The fraction of sp³-hybridized carbons (Fsp3) is 0.500. The second-order valence-electron chi connectivity index (χ2n) is 6.57. The summed E-state index contributed by atoms with van der Waals surface area (Å²) in [7, 11) is 0. The number of fused-ring (bicyclic) bond motifs is 1. The highest BCUT2D eigenvalue weighted by molar-refractivity contribution is 5.97. The lowest BCUT2D eigenvalue weighted by atomic mass is 9.86. The van der Waals surface area contributed by atoms with E-state index in [4.69, 9.17) is 20.4 Å². The van der Waals surface area contributed by atoms with E-state index in [2.05, 4.69) is 5.16 Å². The topological polar surface area (TPSA) is 97.4 Å². The van der Waals surface area contributed by atoms with Gasteiger partial charge in [0.1, 0.15) is 18.2 Å². The van der Waals surface area contributed by atoms with Gasteiger partial charge in [0.05, 0.1) is 31.2 Å². The summed E-state index contributed by atoms with van der Waals surface area (Å²) in [5, 5.41) is 11.6. The van der Waals surface area contributed by atoms with Gasteiger partial charge in [-0.2, -0.15) is 0 Å². The zero-order chi connectivity index (χ0) is 17.5. The average Bonchev–Trinajstić information content (AvgIpc) is 2.71. The number of amidine groups is 1. The van der Waals surface area contributed by atoms with Crippen molar-refractivity contribution >= 4 is 11.7 Å². The normalized spacial score (nSPS) is 22.9. The Morgan fingerprint density at radius 2 is 2.21 bits per heavy atom. The van der Waals surface area contributed by atoms with Gasteiger partial charge in [-0.05, 0) is 26.0 Å². The standard InChI is InChI=1S/C16H20FN3O4/c1-9-6-24-13-4-10(14(18)19-22)3-12(17)11(13)5-20(9)15(21)16(2)7-23-8-16/h3-4,9,22H,5-8H2,1-2H3,(H2,18,19)/t9-/m0/s1. The van der Waals surface area contributed by atoms with Crippen LogP contribution in [0.1, 0.15) is 25.0 Å². The number of hydrogen-bond acceptors (Lipinski definition) is 5. The number of amides is 1. The van der Waals surface area contributed by atoms with Gasteiger partial charge >= 0.3 is 0 Å². The van der Waals surface area contributed by atoms with Gasteiger partial charge in [0, 0.05) is 11.1 Å². The summed E-state index contributed by atoms with van der Waals surface area (Å²) in [5.41, 5.74) is 5.46. The van der Waals surface area contributed by atoms with E-state index in [0.717, 1.165) is 0 Å². The van der Waals surface area contributed by atoms with Crippen molar-refractivity contribution in [1.29, 1.82) is 0 Å². The van der Waals surface area contributed by atoms with Crippen molar-refractivity contribution in [3.8, 4) is 5.75 Å². The van der Waals surface area contributed by atoms with Gasteiger partial charge < -0.3 is 25.3 Å². The molecule has 1 amide bonds. The van der Waals surface area contributed by atoms with Crippen LogP contribution in [0, 0.1) is 11.2 Å². The highest BCUT2D eigenvalue weighted by atomic mass is 19.1. The molecule has 0 spiro atoms. The van der Waals surface area contributed by atoms with Gasteiger partial charge in [0.25, 0.3) is 0 Å². The third-order valence-corrected chi connectivity index (χ3v) is 4.52. The van der Waals surface area contributed by atoms with Gasteiger partial charge in [-0.1, -0.05) is 5.16 Å². The van der Waals surface area contributed by atoms with Gasteiger partial charge in [0.15, 0.2) is 5.84 Å². The van der Waals surface area contributed by atoms with Crippen LogP contribution in [0.15, 0.2) is 17.3 Å². The number of benzene rings is 1. The highest BCUT2D eigenvalue weighted by Crippen LogP contribution is 2.34. The van der Waals surface area contributed by atoms with Gasteiger partial charge in [0.2, 0.25) is 5.91 Å². The predicted octanol–water partition coefficient (Wildman–Crippen LogP) is 1.07. The molecule has 130 valence electrons. The SMILES string of the molecule is C[C@H]1COc2cc(C(N)=NO)cc(F)c2CN1C(=O)C1(C)COC1. The maximum atomic E-state index is 14.5. The fourth-order valence-electron chi connectivity index (χ4n) is 2.88. The number of rotatable bonds is 2. The van der Waals surface area contributed by atoms with Gasteiger partial charge in [-0.15, -0.1) is 0 Å². The Hall–Kier alpha value is -2.35. The van der Waals surface area contributed by atoms with Crippen molar-refractivity contribution in [2.75, 3.05) is 19.8 Å². The summed E-state index contributed by atoms with van der Waals surface area (Å²) in [6.07, 6.45) is 0. The minimum Gasteiger partial charge on any atom is -0.491 e. The first-order valence-electron chi connectivity index (χ1n) is 7.67. The van der Waals surface area contributed by atoms with E-state index in [-0.39, 0.29) is 42.1 Å². The molecule has 1 aromatic carbocycles. The van der Waals surface area contributed by atoms with Crippen LogP contribution in [-0.2, 0) is 16.1 Å². The molecule has 2 aliphatic rings. The molecule has 1 atom stereocenters. The molecule has 1 saturated heterocycles. The van der Waals surface area contributed by atoms with Crippen molar-refractivity contribution in [3.05, 3.63) is 29.1 Å². The third kappa shape index (κ3) is 2.66. The van der Waals surface area contributed by atoms with Crippen molar-refractivity contribution < 1.29 is 23.9 Å². The minimum atomic E-state index is -0.566. The Bertz CT molecular complexity index is 703. The van der Waals surface area contributed by atoms with E-state index < -0.39 is 11.2 Å². The summed E-state index contributed by atoms with van der Waals surface area (Å²) >= 11 is 0. The van der Waals surface area contributed by atoms with Crippen LogP contribution >= 0.6 is 0 Å². The molecule has 0 aliphatic carbocycles. The Morgan fingerprint density at radius 3 is 2.79 bits per heavy atom. The van der Waals surface area contributed by atoms with E-state index in [1.54, 1.807) is 4.90 Å².